The molecular weight excluding hydrogens is 376 g/mol. The van der Waals surface area contributed by atoms with Crippen LogP contribution in [0.5, 0.6) is 5.75 Å². The van der Waals surface area contributed by atoms with Crippen LogP contribution in [-0.4, -0.2) is 26.7 Å². The molecule has 29 heavy (non-hydrogen) atoms. The average molecular weight is 395 g/mol. The number of H-pyrrole nitrogens is 2. The molecule has 6 nitrogen and oxygen atoms in total. The third-order valence-corrected chi connectivity index (χ3v) is 5.13. The minimum Gasteiger partial charge on any atom is -0.486 e. The van der Waals surface area contributed by atoms with Crippen molar-refractivity contribution in [3.63, 3.8) is 0 Å². The maximum Gasteiger partial charge on any atom is 0.159 e. The van der Waals surface area contributed by atoms with Gasteiger partial charge in [0.25, 0.3) is 0 Å². The second-order valence-corrected chi connectivity index (χ2v) is 7.18. The molecule has 1 aliphatic rings. The molecule has 2 aromatic carbocycles. The standard InChI is InChI=1S/C21H19F2N5O/c1-11(12-6-13(22)8-14(23)7-12)29-15-2-3-17-16(9-15)20(28-27-17)21-25-18-4-5-24-10-19(18)26-21/h2-3,6-9,11,24H,4-5,10H2,1H3,(H,25,26)(H,27,28). The van der Waals surface area contributed by atoms with Crippen LogP contribution in [0.15, 0.2) is 36.4 Å². The molecule has 0 amide bonds. The molecule has 1 aliphatic heterocycles. The molecule has 0 fully saturated rings. The molecule has 4 aromatic rings. The van der Waals surface area contributed by atoms with E-state index in [2.05, 4.69) is 20.5 Å². The molecule has 0 saturated heterocycles. The largest absolute Gasteiger partial charge is 0.486 e. The Kier molecular flexibility index (Phi) is 4.28. The summed E-state index contributed by atoms with van der Waals surface area (Å²) in [6, 6.07) is 8.92. The molecule has 3 N–H and O–H groups in total. The number of hydrogen-bond donors (Lipinski definition) is 3. The van der Waals surface area contributed by atoms with Gasteiger partial charge in [-0.3, -0.25) is 5.10 Å². The van der Waals surface area contributed by atoms with Gasteiger partial charge in [-0.25, -0.2) is 13.8 Å². The van der Waals surface area contributed by atoms with E-state index in [9.17, 15) is 8.78 Å². The van der Waals surface area contributed by atoms with E-state index in [1.165, 1.54) is 12.1 Å². The predicted octanol–water partition coefficient (Wildman–Crippen LogP) is 4.02. The summed E-state index contributed by atoms with van der Waals surface area (Å²) in [5.74, 6) is 0.0382. The van der Waals surface area contributed by atoms with Gasteiger partial charge in [0.15, 0.2) is 5.82 Å². The maximum absolute atomic E-state index is 13.5. The monoisotopic (exact) mass is 395 g/mol. The number of rotatable bonds is 4. The molecule has 0 bridgehead atoms. The van der Waals surface area contributed by atoms with Crippen LogP contribution < -0.4 is 10.1 Å². The highest BCUT2D eigenvalue weighted by molar-refractivity contribution is 5.92. The van der Waals surface area contributed by atoms with E-state index in [-0.39, 0.29) is 0 Å². The van der Waals surface area contributed by atoms with Gasteiger partial charge in [0.1, 0.15) is 29.2 Å². The Morgan fingerprint density at radius 3 is 2.72 bits per heavy atom. The van der Waals surface area contributed by atoms with E-state index in [0.29, 0.717) is 22.8 Å². The van der Waals surface area contributed by atoms with Crippen molar-refractivity contribution in [2.75, 3.05) is 6.54 Å². The smallest absolute Gasteiger partial charge is 0.159 e. The van der Waals surface area contributed by atoms with E-state index < -0.39 is 17.7 Å². The minimum atomic E-state index is -0.626. The van der Waals surface area contributed by atoms with Gasteiger partial charge in [-0.05, 0) is 42.8 Å². The number of halogens is 2. The van der Waals surface area contributed by atoms with Gasteiger partial charge in [-0.15, -0.1) is 0 Å². The van der Waals surface area contributed by atoms with Crippen molar-refractivity contribution >= 4 is 10.9 Å². The first-order chi connectivity index (χ1) is 14.1. The van der Waals surface area contributed by atoms with E-state index in [1.54, 1.807) is 13.0 Å². The topological polar surface area (TPSA) is 78.6 Å². The summed E-state index contributed by atoms with van der Waals surface area (Å²) >= 11 is 0. The lowest BCUT2D eigenvalue weighted by Crippen LogP contribution is -2.23. The Balaban J connectivity index is 1.47. The highest BCUT2D eigenvalue weighted by atomic mass is 19.1. The molecule has 1 atom stereocenters. The first-order valence-corrected chi connectivity index (χ1v) is 9.46. The number of ether oxygens (including phenoxy) is 1. The zero-order chi connectivity index (χ0) is 20.0. The van der Waals surface area contributed by atoms with E-state index >= 15 is 0 Å². The number of aromatic amines is 2. The average Bonchev–Trinajstić information content (AvgIpc) is 3.30. The van der Waals surface area contributed by atoms with Crippen LogP contribution in [-0.2, 0) is 13.0 Å². The van der Waals surface area contributed by atoms with Gasteiger partial charge in [-0.1, -0.05) is 0 Å². The molecule has 0 aliphatic carbocycles. The predicted molar refractivity (Wildman–Crippen MR) is 104 cm³/mol. The molecule has 1 unspecified atom stereocenters. The molecule has 8 heteroatoms. The third kappa shape index (κ3) is 3.36. The van der Waals surface area contributed by atoms with Crippen LogP contribution in [0, 0.1) is 11.6 Å². The van der Waals surface area contributed by atoms with Crippen molar-refractivity contribution in [1.29, 1.82) is 0 Å². The summed E-state index contributed by atoms with van der Waals surface area (Å²) in [5, 5.41) is 11.6. The van der Waals surface area contributed by atoms with Crippen molar-refractivity contribution < 1.29 is 13.5 Å². The van der Waals surface area contributed by atoms with Gasteiger partial charge in [0.05, 0.1) is 16.9 Å². The lowest BCUT2D eigenvalue weighted by molar-refractivity contribution is 0.226. The minimum absolute atomic E-state index is 0.432. The molecule has 0 spiro atoms. The van der Waals surface area contributed by atoms with Crippen molar-refractivity contribution in [3.8, 4) is 17.3 Å². The lowest BCUT2D eigenvalue weighted by Gasteiger charge is -2.15. The van der Waals surface area contributed by atoms with E-state index in [1.807, 2.05) is 12.1 Å². The van der Waals surface area contributed by atoms with Crippen LogP contribution in [0.4, 0.5) is 8.78 Å². The van der Waals surface area contributed by atoms with Crippen LogP contribution in [0.2, 0.25) is 0 Å². The normalized spacial score (nSPS) is 14.7. The number of benzene rings is 2. The second-order valence-electron chi connectivity index (χ2n) is 7.18. The van der Waals surface area contributed by atoms with E-state index in [4.69, 9.17) is 9.72 Å². The summed E-state index contributed by atoms with van der Waals surface area (Å²) < 4.78 is 33.0. The van der Waals surface area contributed by atoms with Crippen LogP contribution in [0.1, 0.15) is 30.0 Å². The van der Waals surface area contributed by atoms with Gasteiger partial charge >= 0.3 is 0 Å². The summed E-state index contributed by atoms with van der Waals surface area (Å²) in [6.45, 7) is 3.43. The van der Waals surface area contributed by atoms with Gasteiger partial charge < -0.3 is 15.0 Å². The number of nitrogens with one attached hydrogen (secondary N) is 3. The molecule has 2 aromatic heterocycles. The Morgan fingerprint density at radius 1 is 1.10 bits per heavy atom. The Bertz CT molecular complexity index is 1160. The first kappa shape index (κ1) is 17.8. The van der Waals surface area contributed by atoms with Gasteiger partial charge in [-0.2, -0.15) is 5.10 Å². The third-order valence-electron chi connectivity index (χ3n) is 5.13. The molecular formula is C21H19F2N5O. The molecule has 0 radical (unpaired) electrons. The molecule has 0 saturated carbocycles. The summed E-state index contributed by atoms with van der Waals surface area (Å²) in [4.78, 5) is 8.05. The number of imidazole rings is 1. The summed E-state index contributed by atoms with van der Waals surface area (Å²) in [6.07, 6.45) is 0.361. The zero-order valence-corrected chi connectivity index (χ0v) is 15.7. The second kappa shape index (κ2) is 6.97. The maximum atomic E-state index is 13.5. The number of aromatic nitrogens is 4. The Morgan fingerprint density at radius 2 is 1.93 bits per heavy atom. The molecule has 3 heterocycles. The first-order valence-electron chi connectivity index (χ1n) is 9.46. The Labute approximate surface area is 165 Å². The fourth-order valence-electron chi connectivity index (χ4n) is 3.66. The fraction of sp³-hybridized carbons (Fsp3) is 0.238. The number of nitrogens with zero attached hydrogens (tertiary/aromatic N) is 2. The summed E-state index contributed by atoms with van der Waals surface area (Å²) in [7, 11) is 0. The highest BCUT2D eigenvalue weighted by Crippen LogP contribution is 2.31. The lowest BCUT2D eigenvalue weighted by atomic mass is 10.1. The van der Waals surface area contributed by atoms with Crippen LogP contribution in [0.3, 0.4) is 0 Å². The van der Waals surface area contributed by atoms with Crippen molar-refractivity contribution in [3.05, 3.63) is 65.0 Å². The highest BCUT2D eigenvalue weighted by Gasteiger charge is 2.19. The number of hydrogen-bond acceptors (Lipinski definition) is 4. The van der Waals surface area contributed by atoms with Gasteiger partial charge in [0, 0.05) is 31.0 Å². The van der Waals surface area contributed by atoms with Gasteiger partial charge in [0.2, 0.25) is 0 Å². The van der Waals surface area contributed by atoms with Crippen molar-refractivity contribution in [2.24, 2.45) is 0 Å². The Hall–Kier alpha value is -3.26. The SMILES string of the molecule is CC(Oc1ccc2[nH]nc(-c3nc4c([nH]3)CNCC4)c2c1)c1cc(F)cc(F)c1. The fourth-order valence-corrected chi connectivity index (χ4v) is 3.66. The quantitative estimate of drug-likeness (QED) is 0.488. The zero-order valence-electron chi connectivity index (χ0n) is 15.7. The van der Waals surface area contributed by atoms with E-state index in [0.717, 1.165) is 47.9 Å². The summed E-state index contributed by atoms with van der Waals surface area (Å²) in [5.41, 5.74) is 4.13. The van der Waals surface area contributed by atoms with Crippen molar-refractivity contribution in [1.82, 2.24) is 25.5 Å². The van der Waals surface area contributed by atoms with Crippen LogP contribution >= 0.6 is 0 Å². The molecule has 5 rings (SSSR count). The molecule has 148 valence electrons. The van der Waals surface area contributed by atoms with Crippen molar-refractivity contribution in [2.45, 2.75) is 26.0 Å². The number of fused-ring (bicyclic) bond motifs is 2. The van der Waals surface area contributed by atoms with Crippen LogP contribution in [0.25, 0.3) is 22.4 Å².